The van der Waals surface area contributed by atoms with Crippen molar-refractivity contribution in [2.24, 2.45) is 5.92 Å². The standard InChI is InChI=1S/C15H19N3O3/c1-9(2)14(19)16-10(3)15-17-13(18-21-15)11-5-7-12(20-4)8-6-11/h5-10H,1-4H3,(H,16,19)/t10-/m0/s1. The van der Waals surface area contributed by atoms with E-state index >= 15 is 0 Å². The van der Waals surface area contributed by atoms with Crippen LogP contribution >= 0.6 is 0 Å². The van der Waals surface area contributed by atoms with Crippen LogP contribution in [0, 0.1) is 5.92 Å². The summed E-state index contributed by atoms with van der Waals surface area (Å²) >= 11 is 0. The average molecular weight is 289 g/mol. The van der Waals surface area contributed by atoms with Crippen molar-refractivity contribution in [3.8, 4) is 17.1 Å². The number of methoxy groups -OCH3 is 1. The van der Waals surface area contributed by atoms with Gasteiger partial charge in [0.15, 0.2) is 0 Å². The number of hydrogen-bond donors (Lipinski definition) is 1. The van der Waals surface area contributed by atoms with Crippen molar-refractivity contribution >= 4 is 5.91 Å². The zero-order chi connectivity index (χ0) is 15.4. The molecule has 6 nitrogen and oxygen atoms in total. The molecule has 1 aromatic carbocycles. The van der Waals surface area contributed by atoms with E-state index in [1.165, 1.54) is 0 Å². The molecule has 0 radical (unpaired) electrons. The van der Waals surface area contributed by atoms with Crippen LogP contribution in [-0.4, -0.2) is 23.2 Å². The molecule has 1 atom stereocenters. The molecule has 0 aliphatic carbocycles. The predicted octanol–water partition coefficient (Wildman–Crippen LogP) is 2.58. The van der Waals surface area contributed by atoms with Crippen LogP contribution in [-0.2, 0) is 4.79 Å². The number of nitrogens with one attached hydrogen (secondary N) is 1. The first-order chi connectivity index (χ1) is 10.0. The van der Waals surface area contributed by atoms with Gasteiger partial charge in [-0.15, -0.1) is 0 Å². The molecule has 21 heavy (non-hydrogen) atoms. The van der Waals surface area contributed by atoms with Crippen LogP contribution in [0.3, 0.4) is 0 Å². The second kappa shape index (κ2) is 6.39. The number of amides is 1. The van der Waals surface area contributed by atoms with Gasteiger partial charge in [-0.25, -0.2) is 0 Å². The Morgan fingerprint density at radius 3 is 2.48 bits per heavy atom. The molecule has 0 saturated carbocycles. The lowest BCUT2D eigenvalue weighted by Gasteiger charge is -2.11. The van der Waals surface area contributed by atoms with E-state index in [9.17, 15) is 4.79 Å². The molecule has 2 aromatic rings. The Hall–Kier alpha value is -2.37. The molecule has 6 heteroatoms. The molecule has 0 bridgehead atoms. The van der Waals surface area contributed by atoms with Gasteiger partial charge in [0, 0.05) is 11.5 Å². The van der Waals surface area contributed by atoms with Gasteiger partial charge in [-0.2, -0.15) is 4.98 Å². The van der Waals surface area contributed by atoms with E-state index in [0.717, 1.165) is 11.3 Å². The summed E-state index contributed by atoms with van der Waals surface area (Å²) in [5, 5.41) is 6.76. The molecule has 1 amide bonds. The fourth-order valence-electron chi connectivity index (χ4n) is 1.71. The maximum atomic E-state index is 11.7. The van der Waals surface area contributed by atoms with Gasteiger partial charge in [-0.1, -0.05) is 19.0 Å². The maximum Gasteiger partial charge on any atom is 0.249 e. The zero-order valence-corrected chi connectivity index (χ0v) is 12.6. The van der Waals surface area contributed by atoms with Crippen molar-refractivity contribution in [2.75, 3.05) is 7.11 Å². The number of carbonyl (C=O) groups excluding carboxylic acids is 1. The van der Waals surface area contributed by atoms with Crippen LogP contribution in [0.25, 0.3) is 11.4 Å². The Labute approximate surface area is 123 Å². The topological polar surface area (TPSA) is 77.3 Å². The third kappa shape index (κ3) is 3.59. The Kier molecular flexibility index (Phi) is 4.57. The Balaban J connectivity index is 2.11. The largest absolute Gasteiger partial charge is 0.497 e. The van der Waals surface area contributed by atoms with Gasteiger partial charge >= 0.3 is 0 Å². The summed E-state index contributed by atoms with van der Waals surface area (Å²) in [5.74, 6) is 1.50. The summed E-state index contributed by atoms with van der Waals surface area (Å²) in [4.78, 5) is 16.0. The van der Waals surface area contributed by atoms with E-state index < -0.39 is 0 Å². The fraction of sp³-hybridized carbons (Fsp3) is 0.400. The van der Waals surface area contributed by atoms with Crippen LogP contribution in [0.4, 0.5) is 0 Å². The van der Waals surface area contributed by atoms with E-state index in [-0.39, 0.29) is 17.9 Å². The molecular weight excluding hydrogens is 270 g/mol. The summed E-state index contributed by atoms with van der Waals surface area (Å²) in [6, 6.07) is 7.04. The van der Waals surface area contributed by atoms with Crippen LogP contribution in [0.15, 0.2) is 28.8 Å². The van der Waals surface area contributed by atoms with Crippen LogP contribution < -0.4 is 10.1 Å². The normalized spacial score (nSPS) is 12.2. The number of nitrogens with zero attached hydrogens (tertiary/aromatic N) is 2. The van der Waals surface area contributed by atoms with Crippen molar-refractivity contribution < 1.29 is 14.1 Å². The number of hydrogen-bond acceptors (Lipinski definition) is 5. The SMILES string of the molecule is COc1ccc(-c2noc([C@H](C)NC(=O)C(C)C)n2)cc1. The van der Waals surface area contributed by atoms with Crippen molar-refractivity contribution in [3.63, 3.8) is 0 Å². The molecule has 0 saturated heterocycles. The molecule has 2 rings (SSSR count). The summed E-state index contributed by atoms with van der Waals surface area (Å²) in [5.41, 5.74) is 0.827. The summed E-state index contributed by atoms with van der Waals surface area (Å²) < 4.78 is 10.3. The first-order valence-corrected chi connectivity index (χ1v) is 6.79. The molecule has 1 heterocycles. The van der Waals surface area contributed by atoms with Gasteiger partial charge in [0.05, 0.1) is 7.11 Å². The van der Waals surface area contributed by atoms with Crippen molar-refractivity contribution in [1.29, 1.82) is 0 Å². The van der Waals surface area contributed by atoms with E-state index in [1.807, 2.05) is 45.0 Å². The average Bonchev–Trinajstić information content (AvgIpc) is 2.97. The van der Waals surface area contributed by atoms with Crippen LogP contribution in [0.1, 0.15) is 32.7 Å². The lowest BCUT2D eigenvalue weighted by atomic mass is 10.2. The smallest absolute Gasteiger partial charge is 0.249 e. The minimum atomic E-state index is -0.320. The lowest BCUT2D eigenvalue weighted by molar-refractivity contribution is -0.124. The number of carbonyl (C=O) groups is 1. The minimum Gasteiger partial charge on any atom is -0.497 e. The van der Waals surface area contributed by atoms with Gasteiger partial charge in [-0.05, 0) is 31.2 Å². The predicted molar refractivity (Wildman–Crippen MR) is 77.7 cm³/mol. The number of aromatic nitrogens is 2. The molecule has 1 N–H and O–H groups in total. The van der Waals surface area contributed by atoms with Gasteiger partial charge in [0.2, 0.25) is 17.6 Å². The Bertz CT molecular complexity index is 605. The number of benzene rings is 1. The first-order valence-electron chi connectivity index (χ1n) is 6.79. The number of ether oxygens (including phenoxy) is 1. The van der Waals surface area contributed by atoms with Gasteiger partial charge in [0.25, 0.3) is 0 Å². The highest BCUT2D eigenvalue weighted by molar-refractivity contribution is 5.78. The Morgan fingerprint density at radius 2 is 1.90 bits per heavy atom. The third-order valence-electron chi connectivity index (χ3n) is 3.04. The minimum absolute atomic E-state index is 0.0494. The summed E-state index contributed by atoms with van der Waals surface area (Å²) in [7, 11) is 1.61. The lowest BCUT2D eigenvalue weighted by Crippen LogP contribution is -2.30. The molecule has 0 aliphatic heterocycles. The van der Waals surface area contributed by atoms with Crippen molar-refractivity contribution in [3.05, 3.63) is 30.2 Å². The van der Waals surface area contributed by atoms with Crippen LogP contribution in [0.2, 0.25) is 0 Å². The van der Waals surface area contributed by atoms with Crippen LogP contribution in [0.5, 0.6) is 5.75 Å². The van der Waals surface area contributed by atoms with E-state index in [4.69, 9.17) is 9.26 Å². The molecule has 0 spiro atoms. The molecule has 112 valence electrons. The summed E-state index contributed by atoms with van der Waals surface area (Å²) in [6.07, 6.45) is 0. The van der Waals surface area contributed by atoms with Gasteiger partial charge in [0.1, 0.15) is 11.8 Å². The highest BCUT2D eigenvalue weighted by Gasteiger charge is 2.18. The first kappa shape index (κ1) is 15.0. The van der Waals surface area contributed by atoms with E-state index in [1.54, 1.807) is 7.11 Å². The molecule has 0 fully saturated rings. The van der Waals surface area contributed by atoms with E-state index in [0.29, 0.717) is 11.7 Å². The quantitative estimate of drug-likeness (QED) is 0.915. The van der Waals surface area contributed by atoms with Crippen molar-refractivity contribution in [1.82, 2.24) is 15.5 Å². The molecule has 1 aromatic heterocycles. The van der Waals surface area contributed by atoms with Crippen molar-refractivity contribution in [2.45, 2.75) is 26.8 Å². The zero-order valence-electron chi connectivity index (χ0n) is 12.6. The monoisotopic (exact) mass is 289 g/mol. The highest BCUT2D eigenvalue weighted by atomic mass is 16.5. The third-order valence-corrected chi connectivity index (χ3v) is 3.04. The molecular formula is C15H19N3O3. The second-order valence-electron chi connectivity index (χ2n) is 5.07. The van der Waals surface area contributed by atoms with Gasteiger partial charge in [-0.3, -0.25) is 4.79 Å². The van der Waals surface area contributed by atoms with E-state index in [2.05, 4.69) is 15.5 Å². The fourth-order valence-corrected chi connectivity index (χ4v) is 1.71. The maximum absolute atomic E-state index is 11.7. The molecule has 0 unspecified atom stereocenters. The Morgan fingerprint density at radius 1 is 1.24 bits per heavy atom. The molecule has 0 aliphatic rings. The summed E-state index contributed by atoms with van der Waals surface area (Å²) in [6.45, 7) is 5.48. The number of rotatable bonds is 5. The second-order valence-corrected chi connectivity index (χ2v) is 5.07. The highest BCUT2D eigenvalue weighted by Crippen LogP contribution is 2.21. The van der Waals surface area contributed by atoms with Gasteiger partial charge < -0.3 is 14.6 Å².